The zero-order chi connectivity index (χ0) is 11.1. The standard InChI is InChI=1S/C10H12O5/c1-10(2)14-8(11)7(9(12)15-10)6-3-4-13-5-6/h3-5H2,1-2H3. The van der Waals surface area contributed by atoms with E-state index in [4.69, 9.17) is 14.2 Å². The minimum atomic E-state index is -1.17. The zero-order valence-corrected chi connectivity index (χ0v) is 8.66. The van der Waals surface area contributed by atoms with Crippen LogP contribution < -0.4 is 0 Å². The number of esters is 2. The average Bonchev–Trinajstić information content (AvgIpc) is 2.52. The minimum Gasteiger partial charge on any atom is -0.419 e. The normalized spacial score (nSPS) is 25.2. The van der Waals surface area contributed by atoms with Crippen LogP contribution in [0.1, 0.15) is 20.3 Å². The molecule has 0 bridgehead atoms. The van der Waals surface area contributed by atoms with Gasteiger partial charge in [-0.05, 0) is 12.0 Å². The van der Waals surface area contributed by atoms with Crippen molar-refractivity contribution in [3.63, 3.8) is 0 Å². The second-order valence-corrected chi connectivity index (χ2v) is 3.96. The SMILES string of the molecule is CC1(C)OC(=O)C(=C2CCOC2)C(=O)O1. The van der Waals surface area contributed by atoms with Gasteiger partial charge >= 0.3 is 11.9 Å². The lowest BCUT2D eigenvalue weighted by Crippen LogP contribution is -2.42. The van der Waals surface area contributed by atoms with Crippen molar-refractivity contribution in [2.24, 2.45) is 0 Å². The molecule has 0 amide bonds. The van der Waals surface area contributed by atoms with Gasteiger partial charge in [0.15, 0.2) is 0 Å². The van der Waals surface area contributed by atoms with E-state index in [-0.39, 0.29) is 5.57 Å². The van der Waals surface area contributed by atoms with Gasteiger partial charge in [0, 0.05) is 13.8 Å². The van der Waals surface area contributed by atoms with E-state index >= 15 is 0 Å². The van der Waals surface area contributed by atoms with Crippen molar-refractivity contribution in [3.8, 4) is 0 Å². The third-order valence-corrected chi connectivity index (χ3v) is 2.26. The predicted octanol–water partition coefficient (Wildman–Crippen LogP) is 0.539. The van der Waals surface area contributed by atoms with Crippen LogP contribution in [0.2, 0.25) is 0 Å². The number of cyclic esters (lactones) is 2. The van der Waals surface area contributed by atoms with E-state index in [9.17, 15) is 9.59 Å². The molecule has 2 saturated heterocycles. The number of ether oxygens (including phenoxy) is 3. The molecule has 82 valence electrons. The molecule has 2 aliphatic heterocycles. The van der Waals surface area contributed by atoms with E-state index in [0.717, 1.165) is 0 Å². The third-order valence-electron chi connectivity index (χ3n) is 2.26. The van der Waals surface area contributed by atoms with Crippen molar-refractivity contribution in [2.45, 2.75) is 26.1 Å². The minimum absolute atomic E-state index is 0.00632. The Balaban J connectivity index is 2.31. The van der Waals surface area contributed by atoms with Crippen LogP contribution in [0.25, 0.3) is 0 Å². The highest BCUT2D eigenvalue weighted by atomic mass is 16.7. The molecule has 0 N–H and O–H groups in total. The molecule has 15 heavy (non-hydrogen) atoms. The number of carbonyl (C=O) groups excluding carboxylic acids is 2. The first kappa shape index (κ1) is 10.2. The Hall–Kier alpha value is -1.36. The summed E-state index contributed by atoms with van der Waals surface area (Å²) in [4.78, 5) is 23.1. The lowest BCUT2D eigenvalue weighted by molar-refractivity contribution is -0.222. The lowest BCUT2D eigenvalue weighted by Gasteiger charge is -2.30. The van der Waals surface area contributed by atoms with Crippen molar-refractivity contribution in [2.75, 3.05) is 13.2 Å². The van der Waals surface area contributed by atoms with E-state index in [1.54, 1.807) is 0 Å². The number of hydrogen-bond donors (Lipinski definition) is 0. The highest BCUT2D eigenvalue weighted by molar-refractivity contribution is 6.16. The van der Waals surface area contributed by atoms with E-state index in [2.05, 4.69) is 0 Å². The largest absolute Gasteiger partial charge is 0.419 e. The van der Waals surface area contributed by atoms with Crippen LogP contribution >= 0.6 is 0 Å². The molecule has 2 fully saturated rings. The Bertz CT molecular complexity index is 323. The molecular weight excluding hydrogens is 200 g/mol. The molecule has 2 heterocycles. The maximum Gasteiger partial charge on any atom is 0.348 e. The van der Waals surface area contributed by atoms with Gasteiger partial charge in [0.05, 0.1) is 13.2 Å². The fourth-order valence-corrected chi connectivity index (χ4v) is 1.60. The Morgan fingerprint density at radius 1 is 1.13 bits per heavy atom. The molecule has 0 atom stereocenters. The summed E-state index contributed by atoms with van der Waals surface area (Å²) in [6.45, 7) is 3.88. The van der Waals surface area contributed by atoms with Crippen LogP contribution in [-0.2, 0) is 23.8 Å². The third kappa shape index (κ3) is 1.87. The van der Waals surface area contributed by atoms with Gasteiger partial charge in [-0.15, -0.1) is 0 Å². The van der Waals surface area contributed by atoms with Gasteiger partial charge in [0.1, 0.15) is 5.57 Å². The first-order valence-corrected chi connectivity index (χ1v) is 4.76. The first-order chi connectivity index (χ1) is 6.99. The molecule has 0 saturated carbocycles. The van der Waals surface area contributed by atoms with Crippen LogP contribution in [0.5, 0.6) is 0 Å². The predicted molar refractivity (Wildman–Crippen MR) is 48.7 cm³/mol. The maximum atomic E-state index is 11.6. The monoisotopic (exact) mass is 212 g/mol. The number of carbonyl (C=O) groups is 2. The molecule has 5 nitrogen and oxygen atoms in total. The van der Waals surface area contributed by atoms with Crippen LogP contribution in [0.15, 0.2) is 11.1 Å². The van der Waals surface area contributed by atoms with Crippen molar-refractivity contribution < 1.29 is 23.8 Å². The molecule has 0 aliphatic carbocycles. The molecule has 5 heteroatoms. The second-order valence-electron chi connectivity index (χ2n) is 3.96. The summed E-state index contributed by atoms with van der Waals surface area (Å²) in [5.41, 5.74) is 0.673. The van der Waals surface area contributed by atoms with Gasteiger partial charge in [-0.1, -0.05) is 0 Å². The van der Waals surface area contributed by atoms with E-state index < -0.39 is 17.7 Å². The smallest absolute Gasteiger partial charge is 0.348 e. The van der Waals surface area contributed by atoms with Gasteiger partial charge in [0.25, 0.3) is 5.79 Å². The van der Waals surface area contributed by atoms with Crippen molar-refractivity contribution in [1.29, 1.82) is 0 Å². The van der Waals surface area contributed by atoms with Gasteiger partial charge in [0.2, 0.25) is 0 Å². The highest BCUT2D eigenvalue weighted by Crippen LogP contribution is 2.27. The van der Waals surface area contributed by atoms with Crippen LogP contribution in [0, 0.1) is 0 Å². The quantitative estimate of drug-likeness (QED) is 0.333. The fourth-order valence-electron chi connectivity index (χ4n) is 1.60. The summed E-state index contributed by atoms with van der Waals surface area (Å²) in [5.74, 6) is -2.40. The Morgan fingerprint density at radius 2 is 1.73 bits per heavy atom. The molecule has 2 rings (SSSR count). The molecular formula is C10H12O5. The summed E-state index contributed by atoms with van der Waals surface area (Å²) >= 11 is 0. The Kier molecular flexibility index (Phi) is 2.26. The average molecular weight is 212 g/mol. The number of rotatable bonds is 0. The maximum absolute atomic E-state index is 11.6. The molecule has 0 radical (unpaired) electrons. The zero-order valence-electron chi connectivity index (χ0n) is 8.66. The van der Waals surface area contributed by atoms with Crippen molar-refractivity contribution in [3.05, 3.63) is 11.1 Å². The van der Waals surface area contributed by atoms with Gasteiger partial charge in [-0.25, -0.2) is 9.59 Å². The first-order valence-electron chi connectivity index (χ1n) is 4.76. The summed E-state index contributed by atoms with van der Waals surface area (Å²) < 4.78 is 15.0. The highest BCUT2D eigenvalue weighted by Gasteiger charge is 2.41. The lowest BCUT2D eigenvalue weighted by atomic mass is 10.1. The topological polar surface area (TPSA) is 61.8 Å². The van der Waals surface area contributed by atoms with Crippen LogP contribution in [-0.4, -0.2) is 30.9 Å². The number of hydrogen-bond acceptors (Lipinski definition) is 5. The molecule has 0 spiro atoms. The fraction of sp³-hybridized carbons (Fsp3) is 0.600. The molecule has 0 aromatic heterocycles. The summed E-state index contributed by atoms with van der Waals surface area (Å²) in [5, 5.41) is 0. The second kappa shape index (κ2) is 3.34. The van der Waals surface area contributed by atoms with Crippen LogP contribution in [0.4, 0.5) is 0 Å². The van der Waals surface area contributed by atoms with E-state index in [0.29, 0.717) is 25.2 Å². The molecule has 2 aliphatic rings. The summed E-state index contributed by atoms with van der Waals surface area (Å²) in [6.07, 6.45) is 0.583. The summed E-state index contributed by atoms with van der Waals surface area (Å²) in [7, 11) is 0. The molecule has 0 aromatic rings. The molecule has 0 aromatic carbocycles. The Labute approximate surface area is 87.0 Å². The van der Waals surface area contributed by atoms with Gasteiger partial charge in [-0.3, -0.25) is 0 Å². The van der Waals surface area contributed by atoms with E-state index in [1.165, 1.54) is 13.8 Å². The van der Waals surface area contributed by atoms with Gasteiger partial charge < -0.3 is 14.2 Å². The van der Waals surface area contributed by atoms with Crippen molar-refractivity contribution in [1.82, 2.24) is 0 Å². The van der Waals surface area contributed by atoms with Crippen molar-refractivity contribution >= 4 is 11.9 Å². The van der Waals surface area contributed by atoms with Gasteiger partial charge in [-0.2, -0.15) is 0 Å². The van der Waals surface area contributed by atoms with Crippen LogP contribution in [0.3, 0.4) is 0 Å². The Morgan fingerprint density at radius 3 is 2.20 bits per heavy atom. The molecule has 0 unspecified atom stereocenters. The van der Waals surface area contributed by atoms with E-state index in [1.807, 2.05) is 0 Å². The summed E-state index contributed by atoms with van der Waals surface area (Å²) in [6, 6.07) is 0.